The van der Waals surface area contributed by atoms with E-state index in [0.717, 1.165) is 38.0 Å². The molecule has 1 saturated heterocycles. The molecule has 1 aliphatic rings. The predicted octanol–water partition coefficient (Wildman–Crippen LogP) is 3.18. The number of ether oxygens (including phenoxy) is 1. The van der Waals surface area contributed by atoms with E-state index in [1.807, 2.05) is 12.1 Å². The Labute approximate surface area is 142 Å². The van der Waals surface area contributed by atoms with Gasteiger partial charge >= 0.3 is 0 Å². The van der Waals surface area contributed by atoms with Crippen LogP contribution < -0.4 is 4.74 Å². The van der Waals surface area contributed by atoms with Crippen LogP contribution in [0.3, 0.4) is 0 Å². The van der Waals surface area contributed by atoms with E-state index in [1.54, 1.807) is 6.20 Å². The van der Waals surface area contributed by atoms with Gasteiger partial charge in [0.25, 0.3) is 0 Å². The maximum Gasteiger partial charge on any atom is 0.213 e. The molecule has 2 heterocycles. The van der Waals surface area contributed by atoms with Crippen molar-refractivity contribution in [1.29, 1.82) is 0 Å². The fourth-order valence-corrected chi connectivity index (χ4v) is 2.98. The maximum absolute atomic E-state index is 8.48. The predicted molar refractivity (Wildman–Crippen MR) is 93.6 cm³/mol. The minimum atomic E-state index is 0.581. The highest BCUT2D eigenvalue weighted by molar-refractivity contribution is 5.78. The first-order chi connectivity index (χ1) is 11.8. The Kier molecular flexibility index (Phi) is 5.80. The number of oxime groups is 1. The molecule has 0 saturated carbocycles. The molecule has 0 radical (unpaired) electrons. The van der Waals surface area contributed by atoms with Crippen LogP contribution in [-0.4, -0.2) is 41.0 Å². The number of pyridine rings is 1. The molecular weight excluding hydrogens is 302 g/mol. The molecule has 0 aliphatic carbocycles. The lowest BCUT2D eigenvalue weighted by molar-refractivity contribution is 0.134. The molecule has 0 unspecified atom stereocenters. The number of piperidine rings is 1. The molecule has 0 spiro atoms. The molecule has 1 aromatic carbocycles. The van der Waals surface area contributed by atoms with Crippen LogP contribution in [0.4, 0.5) is 0 Å². The number of rotatable bonds is 6. The largest absolute Gasteiger partial charge is 0.477 e. The lowest BCUT2D eigenvalue weighted by Crippen LogP contribution is -2.35. The van der Waals surface area contributed by atoms with Gasteiger partial charge in [0.15, 0.2) is 0 Å². The number of likely N-dealkylation sites (tertiary alicyclic amines) is 1. The molecular formula is C19H23N3O2. The van der Waals surface area contributed by atoms with Crippen molar-refractivity contribution in [3.63, 3.8) is 0 Å². The summed E-state index contributed by atoms with van der Waals surface area (Å²) < 4.78 is 5.80. The maximum atomic E-state index is 8.48. The van der Waals surface area contributed by atoms with Crippen LogP contribution in [0.5, 0.6) is 5.88 Å². The Morgan fingerprint density at radius 2 is 1.96 bits per heavy atom. The summed E-state index contributed by atoms with van der Waals surface area (Å²) in [6, 6.07) is 14.3. The first-order valence-electron chi connectivity index (χ1n) is 8.36. The molecule has 1 N–H and O–H groups in total. The number of benzene rings is 1. The third-order valence-electron chi connectivity index (χ3n) is 4.39. The first-order valence-corrected chi connectivity index (χ1v) is 8.36. The van der Waals surface area contributed by atoms with Crippen molar-refractivity contribution in [3.8, 4) is 5.88 Å². The SMILES string of the molecule is O/N=C/c1ccc(OCC2CCN(Cc3ccccc3)CC2)nc1. The van der Waals surface area contributed by atoms with E-state index in [9.17, 15) is 0 Å². The quantitative estimate of drug-likeness (QED) is 0.503. The minimum absolute atomic E-state index is 0.581. The van der Waals surface area contributed by atoms with Crippen LogP contribution in [0.25, 0.3) is 0 Å². The van der Waals surface area contributed by atoms with Crippen LogP contribution in [0.2, 0.25) is 0 Å². The highest BCUT2D eigenvalue weighted by Gasteiger charge is 2.19. The van der Waals surface area contributed by atoms with Crippen LogP contribution in [0.15, 0.2) is 53.8 Å². The average molecular weight is 325 g/mol. The Hall–Kier alpha value is -2.40. The number of aromatic nitrogens is 1. The van der Waals surface area contributed by atoms with Crippen molar-refractivity contribution < 1.29 is 9.94 Å². The monoisotopic (exact) mass is 325 g/mol. The Morgan fingerprint density at radius 1 is 1.17 bits per heavy atom. The van der Waals surface area contributed by atoms with E-state index in [2.05, 4.69) is 45.4 Å². The van der Waals surface area contributed by atoms with Gasteiger partial charge in [0, 0.05) is 24.4 Å². The fraction of sp³-hybridized carbons (Fsp3) is 0.368. The summed E-state index contributed by atoms with van der Waals surface area (Å²) in [6.45, 7) is 3.97. The molecule has 126 valence electrons. The summed E-state index contributed by atoms with van der Waals surface area (Å²) in [5, 5.41) is 11.5. The number of hydrogen-bond donors (Lipinski definition) is 1. The zero-order valence-electron chi connectivity index (χ0n) is 13.7. The van der Waals surface area contributed by atoms with E-state index in [4.69, 9.17) is 9.94 Å². The molecule has 1 aliphatic heterocycles. The normalized spacial score (nSPS) is 16.5. The second-order valence-corrected chi connectivity index (χ2v) is 6.19. The average Bonchev–Trinajstić information content (AvgIpc) is 2.63. The van der Waals surface area contributed by atoms with Gasteiger partial charge in [0.2, 0.25) is 5.88 Å². The summed E-state index contributed by atoms with van der Waals surface area (Å²) >= 11 is 0. The van der Waals surface area contributed by atoms with E-state index in [0.29, 0.717) is 18.4 Å². The van der Waals surface area contributed by atoms with Gasteiger partial charge in [-0.05, 0) is 43.5 Å². The van der Waals surface area contributed by atoms with Gasteiger partial charge in [-0.25, -0.2) is 4.98 Å². The Bertz CT molecular complexity index is 635. The highest BCUT2D eigenvalue weighted by atomic mass is 16.5. The lowest BCUT2D eigenvalue weighted by atomic mass is 9.97. The van der Waals surface area contributed by atoms with Crippen molar-refractivity contribution in [2.75, 3.05) is 19.7 Å². The summed E-state index contributed by atoms with van der Waals surface area (Å²) in [5.41, 5.74) is 2.13. The molecule has 0 atom stereocenters. The Balaban J connectivity index is 1.40. The standard InChI is InChI=1S/C19H23N3O2/c23-21-13-18-6-7-19(20-12-18)24-15-17-8-10-22(11-9-17)14-16-4-2-1-3-5-16/h1-7,12-13,17,23H,8-11,14-15H2/b21-13+. The van der Waals surface area contributed by atoms with Crippen molar-refractivity contribution in [2.45, 2.75) is 19.4 Å². The van der Waals surface area contributed by atoms with E-state index in [-0.39, 0.29) is 0 Å². The molecule has 24 heavy (non-hydrogen) atoms. The van der Waals surface area contributed by atoms with Gasteiger partial charge < -0.3 is 9.94 Å². The molecule has 5 nitrogen and oxygen atoms in total. The molecule has 5 heteroatoms. The third kappa shape index (κ3) is 4.80. The number of hydrogen-bond acceptors (Lipinski definition) is 5. The smallest absolute Gasteiger partial charge is 0.213 e. The van der Waals surface area contributed by atoms with Crippen molar-refractivity contribution >= 4 is 6.21 Å². The molecule has 3 rings (SSSR count). The van der Waals surface area contributed by atoms with Crippen LogP contribution >= 0.6 is 0 Å². The van der Waals surface area contributed by atoms with Gasteiger partial charge in [0.1, 0.15) is 0 Å². The molecule has 1 fully saturated rings. The van der Waals surface area contributed by atoms with E-state index < -0.39 is 0 Å². The van der Waals surface area contributed by atoms with Crippen molar-refractivity contribution in [2.24, 2.45) is 11.1 Å². The molecule has 2 aromatic rings. The second-order valence-electron chi connectivity index (χ2n) is 6.19. The zero-order valence-corrected chi connectivity index (χ0v) is 13.7. The van der Waals surface area contributed by atoms with Gasteiger partial charge in [-0.1, -0.05) is 35.5 Å². The summed E-state index contributed by atoms with van der Waals surface area (Å²) in [4.78, 5) is 6.72. The Morgan fingerprint density at radius 3 is 2.62 bits per heavy atom. The molecule has 1 aromatic heterocycles. The fourth-order valence-electron chi connectivity index (χ4n) is 2.98. The third-order valence-corrected chi connectivity index (χ3v) is 4.39. The van der Waals surface area contributed by atoms with Crippen LogP contribution in [-0.2, 0) is 6.54 Å². The van der Waals surface area contributed by atoms with Crippen molar-refractivity contribution in [3.05, 3.63) is 59.8 Å². The van der Waals surface area contributed by atoms with Gasteiger partial charge in [-0.3, -0.25) is 4.90 Å². The molecule has 0 bridgehead atoms. The van der Waals surface area contributed by atoms with Crippen LogP contribution in [0.1, 0.15) is 24.0 Å². The van der Waals surface area contributed by atoms with E-state index in [1.165, 1.54) is 11.8 Å². The number of nitrogens with zero attached hydrogens (tertiary/aromatic N) is 3. The van der Waals surface area contributed by atoms with Gasteiger partial charge in [-0.15, -0.1) is 0 Å². The summed E-state index contributed by atoms with van der Waals surface area (Å²) in [5.74, 6) is 1.20. The van der Waals surface area contributed by atoms with Crippen LogP contribution in [0, 0.1) is 5.92 Å². The lowest BCUT2D eigenvalue weighted by Gasteiger charge is -2.31. The topological polar surface area (TPSA) is 58.0 Å². The summed E-state index contributed by atoms with van der Waals surface area (Å²) in [7, 11) is 0. The zero-order chi connectivity index (χ0) is 16.6. The van der Waals surface area contributed by atoms with E-state index >= 15 is 0 Å². The second kappa shape index (κ2) is 8.45. The highest BCUT2D eigenvalue weighted by Crippen LogP contribution is 2.20. The molecule has 0 amide bonds. The van der Waals surface area contributed by atoms with Gasteiger partial charge in [-0.2, -0.15) is 0 Å². The first kappa shape index (κ1) is 16.5. The minimum Gasteiger partial charge on any atom is -0.477 e. The van der Waals surface area contributed by atoms with Gasteiger partial charge in [0.05, 0.1) is 12.8 Å². The van der Waals surface area contributed by atoms with Crippen molar-refractivity contribution in [1.82, 2.24) is 9.88 Å². The summed E-state index contributed by atoms with van der Waals surface area (Å²) in [6.07, 6.45) is 5.29.